The molecular weight excluding hydrogens is 528 g/mol. The predicted molar refractivity (Wildman–Crippen MR) is 148 cm³/mol. The molecule has 0 saturated carbocycles. The van der Waals surface area contributed by atoms with E-state index in [1.807, 2.05) is 12.3 Å². The molecule has 0 bridgehead atoms. The summed E-state index contributed by atoms with van der Waals surface area (Å²) in [5.41, 5.74) is 7.83. The van der Waals surface area contributed by atoms with Crippen molar-refractivity contribution in [2.45, 2.75) is 12.0 Å². The number of aromatic nitrogens is 1. The van der Waals surface area contributed by atoms with Crippen LogP contribution in [-0.4, -0.2) is 43.9 Å². The Morgan fingerprint density at radius 3 is 2.07 bits per heavy atom. The predicted octanol–water partition coefficient (Wildman–Crippen LogP) is 4.74. The number of esters is 1. The molecule has 7 rings (SSSR count). The van der Waals surface area contributed by atoms with Crippen LogP contribution in [0.3, 0.4) is 0 Å². The molecule has 0 unspecified atom stereocenters. The van der Waals surface area contributed by atoms with Crippen molar-refractivity contribution in [3.8, 4) is 28.7 Å². The fraction of sp³-hybridized carbons (Fsp3) is 0.0968. The summed E-state index contributed by atoms with van der Waals surface area (Å²) >= 11 is 0. The number of carbonyl (C=O) groups is 2. The molecule has 1 spiro atoms. The number of hydrogen-bond donors (Lipinski definition) is 6. The lowest BCUT2D eigenvalue weighted by atomic mass is 9.77. The van der Waals surface area contributed by atoms with Gasteiger partial charge in [0.2, 0.25) is 0 Å². The number of ether oxygens (including phenoxy) is 2. The molecule has 0 amide bonds. The van der Waals surface area contributed by atoms with Gasteiger partial charge in [0.05, 0.1) is 11.1 Å². The van der Waals surface area contributed by atoms with Crippen molar-refractivity contribution in [1.82, 2.24) is 4.98 Å². The van der Waals surface area contributed by atoms with Gasteiger partial charge in [-0.3, -0.25) is 0 Å². The number of benzene rings is 4. The van der Waals surface area contributed by atoms with E-state index in [9.17, 15) is 30.0 Å². The lowest BCUT2D eigenvalue weighted by Gasteiger charge is -2.36. The first-order valence-corrected chi connectivity index (χ1v) is 12.7. The van der Waals surface area contributed by atoms with E-state index in [0.29, 0.717) is 29.0 Å². The third-order valence-corrected chi connectivity index (χ3v) is 7.19. The molecule has 2 aliphatic rings. The Morgan fingerprint density at radius 2 is 1.44 bits per heavy atom. The summed E-state index contributed by atoms with van der Waals surface area (Å²) in [5, 5.41) is 39.3. The number of phenols is 3. The van der Waals surface area contributed by atoms with Crippen molar-refractivity contribution in [2.24, 2.45) is 5.73 Å². The fourth-order valence-electron chi connectivity index (χ4n) is 5.37. The Morgan fingerprint density at radius 1 is 0.829 bits per heavy atom. The molecule has 5 aromatic rings. The van der Waals surface area contributed by atoms with Gasteiger partial charge in [-0.05, 0) is 73.1 Å². The maximum absolute atomic E-state index is 12.7. The number of fused-ring (bicyclic) bond motifs is 7. The second kappa shape index (κ2) is 9.61. The van der Waals surface area contributed by atoms with Gasteiger partial charge in [0.1, 0.15) is 28.7 Å². The number of carboxylic acid groups (broad SMARTS) is 1. The molecule has 7 N–H and O–H groups in total. The number of aromatic amines is 1. The van der Waals surface area contributed by atoms with Crippen LogP contribution in [0.5, 0.6) is 28.7 Å². The van der Waals surface area contributed by atoms with Crippen molar-refractivity contribution in [3.63, 3.8) is 0 Å². The summed E-state index contributed by atoms with van der Waals surface area (Å²) in [5.74, 6) is -1.07. The number of aromatic carboxylic acids is 1. The molecule has 206 valence electrons. The van der Waals surface area contributed by atoms with Gasteiger partial charge in [-0.15, -0.1) is 0 Å². The van der Waals surface area contributed by atoms with Crippen LogP contribution in [0, 0.1) is 0 Å². The van der Waals surface area contributed by atoms with E-state index in [1.54, 1.807) is 30.3 Å². The zero-order valence-electron chi connectivity index (χ0n) is 21.4. The smallest absolute Gasteiger partial charge is 0.340 e. The van der Waals surface area contributed by atoms with Gasteiger partial charge < -0.3 is 40.6 Å². The molecule has 0 aliphatic carbocycles. The van der Waals surface area contributed by atoms with Crippen LogP contribution in [0.2, 0.25) is 0 Å². The highest BCUT2D eigenvalue weighted by Gasteiger charge is 2.53. The van der Waals surface area contributed by atoms with Crippen molar-refractivity contribution >= 4 is 22.8 Å². The second-order valence-corrected chi connectivity index (χ2v) is 9.68. The number of carboxylic acids is 1. The zero-order valence-corrected chi connectivity index (χ0v) is 21.4. The number of nitrogens with one attached hydrogen (secondary N) is 1. The van der Waals surface area contributed by atoms with Crippen LogP contribution in [0.15, 0.2) is 79.0 Å². The fourth-order valence-corrected chi connectivity index (χ4v) is 5.37. The van der Waals surface area contributed by atoms with E-state index in [1.165, 1.54) is 36.4 Å². The molecule has 0 fully saturated rings. The summed E-state index contributed by atoms with van der Waals surface area (Å²) in [7, 11) is 0. The Hall–Kier alpha value is -5.48. The van der Waals surface area contributed by atoms with Gasteiger partial charge in [-0.1, -0.05) is 6.07 Å². The maximum atomic E-state index is 12.7. The number of nitrogens with two attached hydrogens (primary N) is 1. The molecule has 0 radical (unpaired) electrons. The minimum Gasteiger partial charge on any atom is -0.508 e. The molecule has 10 heteroatoms. The average Bonchev–Trinajstić information content (AvgIpc) is 3.47. The summed E-state index contributed by atoms with van der Waals surface area (Å²) in [4.78, 5) is 27.2. The molecule has 2 aliphatic heterocycles. The Labute approximate surface area is 232 Å². The monoisotopic (exact) mass is 552 g/mol. The molecular formula is C31H24N2O8. The first-order chi connectivity index (χ1) is 19.7. The Kier molecular flexibility index (Phi) is 6.04. The molecule has 0 saturated heterocycles. The summed E-state index contributed by atoms with van der Waals surface area (Å²) in [6.45, 7) is 0.628. The van der Waals surface area contributed by atoms with Gasteiger partial charge in [0, 0.05) is 45.9 Å². The van der Waals surface area contributed by atoms with Crippen molar-refractivity contribution in [3.05, 3.63) is 112 Å². The summed E-state index contributed by atoms with van der Waals surface area (Å²) < 4.78 is 11.7. The summed E-state index contributed by atoms with van der Waals surface area (Å²) in [6.07, 6.45) is 2.78. The first kappa shape index (κ1) is 25.8. The van der Waals surface area contributed by atoms with Crippen LogP contribution in [0.1, 0.15) is 43.0 Å². The highest BCUT2D eigenvalue weighted by atomic mass is 16.6. The lowest BCUT2D eigenvalue weighted by Crippen LogP contribution is -2.32. The van der Waals surface area contributed by atoms with Gasteiger partial charge in [-0.2, -0.15) is 0 Å². The van der Waals surface area contributed by atoms with Gasteiger partial charge >= 0.3 is 11.9 Å². The van der Waals surface area contributed by atoms with E-state index >= 15 is 0 Å². The minimum absolute atomic E-state index is 0.0309. The van der Waals surface area contributed by atoms with E-state index in [4.69, 9.17) is 15.2 Å². The average molecular weight is 553 g/mol. The lowest BCUT2D eigenvalue weighted by molar-refractivity contribution is 0.0224. The quantitative estimate of drug-likeness (QED) is 0.173. The van der Waals surface area contributed by atoms with E-state index in [2.05, 4.69) is 4.98 Å². The topological polar surface area (TPSA) is 175 Å². The molecule has 10 nitrogen and oxygen atoms in total. The number of rotatable bonds is 3. The molecule has 1 aromatic heterocycles. The molecule has 0 atom stereocenters. The van der Waals surface area contributed by atoms with E-state index in [-0.39, 0.29) is 34.1 Å². The highest BCUT2D eigenvalue weighted by molar-refractivity contribution is 6.00. The SMILES string of the molecule is NCCc1c[nH]c2ccc(O)cc12.O=C(O)c1ccc2c(c1)C(=O)OC21c2ccc(O)cc2Oc2cc(O)ccc21. The highest BCUT2D eigenvalue weighted by Crippen LogP contribution is 2.57. The Balaban J connectivity index is 0.000000195. The second-order valence-electron chi connectivity index (χ2n) is 9.68. The number of aromatic hydroxyl groups is 3. The van der Waals surface area contributed by atoms with Crippen LogP contribution in [0.4, 0.5) is 0 Å². The van der Waals surface area contributed by atoms with E-state index in [0.717, 1.165) is 22.9 Å². The van der Waals surface area contributed by atoms with Crippen molar-refractivity contribution < 1.29 is 39.5 Å². The van der Waals surface area contributed by atoms with Gasteiger partial charge in [0.25, 0.3) is 0 Å². The number of H-pyrrole nitrogens is 1. The molecule has 4 aromatic carbocycles. The Bertz CT molecular complexity index is 1810. The zero-order chi connectivity index (χ0) is 28.9. The standard InChI is InChI=1S/C21H12O7.C10H12N2O/c22-11-2-5-15-17(8-11)27-18-9-12(23)3-6-16(18)21(15)14-4-1-10(19(24)25)7-13(14)20(26)28-21;11-4-3-7-6-12-10-2-1-8(13)5-9(7)10/h1-9,22-23H,(H,24,25);1-2,5-6,12-13H,3-4,11H2. The third kappa shape index (κ3) is 4.17. The van der Waals surface area contributed by atoms with E-state index < -0.39 is 17.5 Å². The first-order valence-electron chi connectivity index (χ1n) is 12.7. The van der Waals surface area contributed by atoms with Gasteiger partial charge in [0.15, 0.2) is 5.60 Å². The van der Waals surface area contributed by atoms with Crippen LogP contribution >= 0.6 is 0 Å². The van der Waals surface area contributed by atoms with Crippen LogP contribution in [-0.2, 0) is 16.8 Å². The van der Waals surface area contributed by atoms with Crippen LogP contribution < -0.4 is 10.5 Å². The van der Waals surface area contributed by atoms with Crippen molar-refractivity contribution in [2.75, 3.05) is 6.54 Å². The largest absolute Gasteiger partial charge is 0.508 e. The number of hydrogen-bond acceptors (Lipinski definition) is 8. The normalized spacial score (nSPS) is 13.8. The van der Waals surface area contributed by atoms with Crippen molar-refractivity contribution in [1.29, 1.82) is 0 Å². The number of carbonyl (C=O) groups excluding carboxylic acids is 1. The van der Waals surface area contributed by atoms with Crippen LogP contribution in [0.25, 0.3) is 10.9 Å². The minimum atomic E-state index is -1.38. The number of phenolic OH excluding ortho intramolecular Hbond substituents is 3. The van der Waals surface area contributed by atoms with Gasteiger partial charge in [-0.25, -0.2) is 9.59 Å². The molecule has 3 heterocycles. The summed E-state index contributed by atoms with van der Waals surface area (Å²) in [6, 6.07) is 18.4. The maximum Gasteiger partial charge on any atom is 0.340 e. The molecule has 41 heavy (non-hydrogen) atoms. The third-order valence-electron chi connectivity index (χ3n) is 7.19.